The third-order valence-electron chi connectivity index (χ3n) is 4.19. The van der Waals surface area contributed by atoms with E-state index in [1.165, 1.54) is 5.56 Å². The van der Waals surface area contributed by atoms with Crippen molar-refractivity contribution >= 4 is 5.96 Å². The van der Waals surface area contributed by atoms with Gasteiger partial charge in [-0.25, -0.2) is 0 Å². The van der Waals surface area contributed by atoms with E-state index in [1.807, 2.05) is 6.07 Å². The Labute approximate surface area is 133 Å². The van der Waals surface area contributed by atoms with Crippen molar-refractivity contribution in [3.8, 4) is 0 Å². The van der Waals surface area contributed by atoms with E-state index in [0.29, 0.717) is 0 Å². The number of ether oxygens (including phenoxy) is 2. The fourth-order valence-electron chi connectivity index (χ4n) is 2.63. The average Bonchev–Trinajstić information content (AvgIpc) is 2.59. The van der Waals surface area contributed by atoms with Crippen LogP contribution in [-0.4, -0.2) is 52.0 Å². The van der Waals surface area contributed by atoms with E-state index in [1.54, 1.807) is 14.2 Å². The molecule has 0 unspecified atom stereocenters. The number of benzene rings is 1. The van der Waals surface area contributed by atoms with Crippen LogP contribution in [0.15, 0.2) is 35.3 Å². The maximum absolute atomic E-state index is 5.72. The molecular weight excluding hydrogens is 278 g/mol. The van der Waals surface area contributed by atoms with Crippen molar-refractivity contribution in [1.82, 2.24) is 10.6 Å². The third kappa shape index (κ3) is 5.00. The molecule has 5 heteroatoms. The van der Waals surface area contributed by atoms with E-state index in [2.05, 4.69) is 39.9 Å². The molecule has 0 radical (unpaired) electrons. The monoisotopic (exact) mass is 305 g/mol. The number of guanidine groups is 1. The van der Waals surface area contributed by atoms with E-state index in [0.717, 1.165) is 51.5 Å². The van der Waals surface area contributed by atoms with Crippen molar-refractivity contribution in [3.63, 3.8) is 0 Å². The highest BCUT2D eigenvalue weighted by Crippen LogP contribution is 2.23. The van der Waals surface area contributed by atoms with Crippen LogP contribution < -0.4 is 10.6 Å². The molecule has 122 valence electrons. The Hall–Kier alpha value is -1.59. The molecule has 1 fully saturated rings. The summed E-state index contributed by atoms with van der Waals surface area (Å²) in [5.74, 6) is 0.818. The summed E-state index contributed by atoms with van der Waals surface area (Å²) >= 11 is 0. The zero-order valence-corrected chi connectivity index (χ0v) is 13.6. The Morgan fingerprint density at radius 3 is 2.59 bits per heavy atom. The van der Waals surface area contributed by atoms with Gasteiger partial charge < -0.3 is 20.1 Å². The molecule has 1 aromatic rings. The molecule has 2 N–H and O–H groups in total. The molecular formula is C17H27N3O2. The molecule has 1 saturated heterocycles. The predicted octanol–water partition coefficient (Wildman–Crippen LogP) is 1.59. The highest BCUT2D eigenvalue weighted by atomic mass is 16.5. The Kier molecular flexibility index (Phi) is 6.68. The number of nitrogens with one attached hydrogen (secondary N) is 2. The number of nitrogens with zero attached hydrogens (tertiary/aromatic N) is 1. The van der Waals surface area contributed by atoms with Gasteiger partial charge in [-0.1, -0.05) is 30.3 Å². The molecule has 0 aliphatic carbocycles. The summed E-state index contributed by atoms with van der Waals surface area (Å²) in [5.41, 5.74) is 1.18. The molecule has 0 aromatic heterocycles. The topological polar surface area (TPSA) is 54.9 Å². The van der Waals surface area contributed by atoms with Crippen LogP contribution in [0.3, 0.4) is 0 Å². The maximum atomic E-state index is 5.72. The van der Waals surface area contributed by atoms with Crippen LogP contribution in [0.25, 0.3) is 0 Å². The van der Waals surface area contributed by atoms with Crippen molar-refractivity contribution in [3.05, 3.63) is 35.9 Å². The maximum Gasteiger partial charge on any atom is 0.191 e. The summed E-state index contributed by atoms with van der Waals surface area (Å²) in [6, 6.07) is 10.4. The molecule has 1 heterocycles. The fourth-order valence-corrected chi connectivity index (χ4v) is 2.63. The minimum atomic E-state index is -0.144. The van der Waals surface area contributed by atoms with Gasteiger partial charge in [0.1, 0.15) is 0 Å². The zero-order valence-electron chi connectivity index (χ0n) is 13.6. The molecule has 1 aliphatic rings. The molecule has 0 spiro atoms. The summed E-state index contributed by atoms with van der Waals surface area (Å²) in [7, 11) is 3.57. The van der Waals surface area contributed by atoms with E-state index in [-0.39, 0.29) is 5.60 Å². The first-order valence-electron chi connectivity index (χ1n) is 7.89. The van der Waals surface area contributed by atoms with Gasteiger partial charge in [0.2, 0.25) is 0 Å². The third-order valence-corrected chi connectivity index (χ3v) is 4.19. The molecule has 0 saturated carbocycles. The Morgan fingerprint density at radius 2 is 1.95 bits per heavy atom. The van der Waals surface area contributed by atoms with Gasteiger partial charge in [-0.3, -0.25) is 4.99 Å². The predicted molar refractivity (Wildman–Crippen MR) is 89.3 cm³/mol. The van der Waals surface area contributed by atoms with Crippen molar-refractivity contribution < 1.29 is 9.47 Å². The minimum absolute atomic E-state index is 0.144. The second kappa shape index (κ2) is 8.76. The van der Waals surface area contributed by atoms with Gasteiger partial charge in [-0.05, 0) is 12.0 Å². The van der Waals surface area contributed by atoms with Gasteiger partial charge in [-0.2, -0.15) is 0 Å². The number of hydrogen-bond donors (Lipinski definition) is 2. The number of aliphatic imine (C=N–C) groups is 1. The summed E-state index contributed by atoms with van der Waals surface area (Å²) < 4.78 is 11.1. The summed E-state index contributed by atoms with van der Waals surface area (Å²) in [5, 5.41) is 6.73. The Balaban J connectivity index is 1.75. The molecule has 22 heavy (non-hydrogen) atoms. The largest absolute Gasteiger partial charge is 0.381 e. The van der Waals surface area contributed by atoms with Gasteiger partial charge in [0, 0.05) is 53.3 Å². The molecule has 1 aliphatic heterocycles. The van der Waals surface area contributed by atoms with Crippen LogP contribution >= 0.6 is 0 Å². The Bertz CT molecular complexity index is 456. The summed E-state index contributed by atoms with van der Waals surface area (Å²) in [4.78, 5) is 4.28. The van der Waals surface area contributed by atoms with Crippen LogP contribution in [0.5, 0.6) is 0 Å². The highest BCUT2D eigenvalue weighted by molar-refractivity contribution is 5.79. The lowest BCUT2D eigenvalue weighted by atomic mass is 9.94. The zero-order chi connectivity index (χ0) is 15.7. The van der Waals surface area contributed by atoms with Gasteiger partial charge in [0.05, 0.1) is 5.60 Å². The first kappa shape index (κ1) is 16.8. The molecule has 5 nitrogen and oxygen atoms in total. The van der Waals surface area contributed by atoms with E-state index in [4.69, 9.17) is 9.47 Å². The number of hydrogen-bond acceptors (Lipinski definition) is 3. The van der Waals surface area contributed by atoms with Crippen LogP contribution in [-0.2, 0) is 15.9 Å². The second-order valence-electron chi connectivity index (χ2n) is 5.59. The average molecular weight is 305 g/mol. The standard InChI is InChI=1S/C17H27N3O2/c1-18-16(19-11-8-15-6-4-3-5-7-15)20-14-17(21-2)9-12-22-13-10-17/h3-7H,8-14H2,1-2H3,(H2,18,19,20). The van der Waals surface area contributed by atoms with Gasteiger partial charge in [0.15, 0.2) is 5.96 Å². The fraction of sp³-hybridized carbons (Fsp3) is 0.588. The summed E-state index contributed by atoms with van der Waals surface area (Å²) in [6.45, 7) is 3.12. The minimum Gasteiger partial charge on any atom is -0.381 e. The first-order chi connectivity index (χ1) is 10.8. The van der Waals surface area contributed by atoms with Crippen LogP contribution in [0, 0.1) is 0 Å². The first-order valence-corrected chi connectivity index (χ1v) is 7.89. The number of methoxy groups -OCH3 is 1. The number of rotatable bonds is 6. The summed E-state index contributed by atoms with van der Waals surface area (Å²) in [6.07, 6.45) is 2.81. The molecule has 0 atom stereocenters. The van der Waals surface area contributed by atoms with Crippen molar-refractivity contribution in [2.24, 2.45) is 4.99 Å². The Morgan fingerprint density at radius 1 is 1.23 bits per heavy atom. The van der Waals surface area contributed by atoms with Crippen LogP contribution in [0.1, 0.15) is 18.4 Å². The molecule has 2 rings (SSSR count). The quantitative estimate of drug-likeness (QED) is 0.619. The van der Waals surface area contributed by atoms with Crippen molar-refractivity contribution in [1.29, 1.82) is 0 Å². The van der Waals surface area contributed by atoms with Crippen LogP contribution in [0.2, 0.25) is 0 Å². The van der Waals surface area contributed by atoms with Crippen molar-refractivity contribution in [2.75, 3.05) is 40.5 Å². The second-order valence-corrected chi connectivity index (χ2v) is 5.59. The lowest BCUT2D eigenvalue weighted by molar-refractivity contribution is -0.0855. The van der Waals surface area contributed by atoms with Gasteiger partial charge >= 0.3 is 0 Å². The van der Waals surface area contributed by atoms with Crippen LogP contribution in [0.4, 0.5) is 0 Å². The molecule has 0 amide bonds. The van der Waals surface area contributed by atoms with Crippen molar-refractivity contribution in [2.45, 2.75) is 24.9 Å². The van der Waals surface area contributed by atoms with Gasteiger partial charge in [-0.15, -0.1) is 0 Å². The highest BCUT2D eigenvalue weighted by Gasteiger charge is 2.32. The van der Waals surface area contributed by atoms with E-state index < -0.39 is 0 Å². The molecule has 1 aromatic carbocycles. The lowest BCUT2D eigenvalue weighted by Gasteiger charge is -2.36. The molecule has 0 bridgehead atoms. The van der Waals surface area contributed by atoms with E-state index >= 15 is 0 Å². The van der Waals surface area contributed by atoms with E-state index in [9.17, 15) is 0 Å². The smallest absolute Gasteiger partial charge is 0.191 e. The SMILES string of the molecule is CN=C(NCCc1ccccc1)NCC1(OC)CCOCC1. The van der Waals surface area contributed by atoms with Gasteiger partial charge in [0.25, 0.3) is 0 Å². The normalized spacial score (nSPS) is 18.0. The lowest BCUT2D eigenvalue weighted by Crippen LogP contribution is -2.51.